The van der Waals surface area contributed by atoms with Crippen LogP contribution in [0.25, 0.3) is 0 Å². The second-order valence-electron chi connectivity index (χ2n) is 6.27. The number of hydrogen-bond acceptors (Lipinski definition) is 3. The molecule has 2 aromatic rings. The number of hydrogen-bond donors (Lipinski definition) is 2. The summed E-state index contributed by atoms with van der Waals surface area (Å²) in [4.78, 5) is 37.4. The quantitative estimate of drug-likeness (QED) is 0.865. The summed E-state index contributed by atoms with van der Waals surface area (Å²) in [5, 5.41) is 3.35. The lowest BCUT2D eigenvalue weighted by Gasteiger charge is -2.17. The smallest absolute Gasteiger partial charge is 0.248 e. The predicted molar refractivity (Wildman–Crippen MR) is 100 cm³/mol. The van der Waals surface area contributed by atoms with E-state index in [-0.39, 0.29) is 18.2 Å². The molecule has 1 fully saturated rings. The van der Waals surface area contributed by atoms with Crippen molar-refractivity contribution in [3.05, 3.63) is 58.6 Å². The molecule has 0 radical (unpaired) electrons. The highest BCUT2D eigenvalue weighted by Gasteiger charge is 2.35. The average Bonchev–Trinajstić information content (AvgIpc) is 3.00. The van der Waals surface area contributed by atoms with E-state index in [2.05, 4.69) is 5.32 Å². The topological polar surface area (TPSA) is 92.5 Å². The van der Waals surface area contributed by atoms with Gasteiger partial charge in [0.1, 0.15) is 0 Å². The van der Waals surface area contributed by atoms with Crippen LogP contribution < -0.4 is 16.0 Å². The molecule has 0 bridgehead atoms. The van der Waals surface area contributed by atoms with Crippen LogP contribution >= 0.6 is 11.6 Å². The van der Waals surface area contributed by atoms with Crippen LogP contribution in [-0.2, 0) is 9.59 Å². The zero-order chi connectivity index (χ0) is 18.8. The lowest BCUT2D eigenvalue weighted by molar-refractivity contribution is -0.122. The SMILES string of the molecule is Cc1ccc(N2C[C@H](C(=O)Nc3ccc(C(N)=O)cc3)CC2=O)cc1Cl. The van der Waals surface area contributed by atoms with E-state index in [9.17, 15) is 14.4 Å². The molecule has 134 valence electrons. The van der Waals surface area contributed by atoms with Crippen molar-refractivity contribution in [3.8, 4) is 0 Å². The number of carbonyl (C=O) groups is 3. The van der Waals surface area contributed by atoms with Crippen LogP contribution in [-0.4, -0.2) is 24.3 Å². The van der Waals surface area contributed by atoms with Crippen molar-refractivity contribution in [3.63, 3.8) is 0 Å². The summed E-state index contributed by atoms with van der Waals surface area (Å²) < 4.78 is 0. The highest BCUT2D eigenvalue weighted by atomic mass is 35.5. The molecule has 0 aliphatic carbocycles. The Morgan fingerprint density at radius 1 is 1.19 bits per heavy atom. The number of aryl methyl sites for hydroxylation is 1. The minimum absolute atomic E-state index is 0.117. The number of anilines is 2. The third kappa shape index (κ3) is 3.70. The van der Waals surface area contributed by atoms with Gasteiger partial charge in [0.2, 0.25) is 17.7 Å². The number of primary amides is 1. The number of nitrogens with zero attached hydrogens (tertiary/aromatic N) is 1. The van der Waals surface area contributed by atoms with Gasteiger partial charge in [-0.15, -0.1) is 0 Å². The third-order valence-electron chi connectivity index (χ3n) is 4.40. The third-order valence-corrected chi connectivity index (χ3v) is 4.81. The minimum atomic E-state index is -0.531. The molecule has 6 nitrogen and oxygen atoms in total. The van der Waals surface area contributed by atoms with Gasteiger partial charge in [-0.25, -0.2) is 0 Å². The molecule has 0 aromatic heterocycles. The van der Waals surface area contributed by atoms with Crippen molar-refractivity contribution in [1.82, 2.24) is 0 Å². The van der Waals surface area contributed by atoms with Crippen molar-refractivity contribution >= 4 is 40.7 Å². The van der Waals surface area contributed by atoms with Crippen molar-refractivity contribution in [1.29, 1.82) is 0 Å². The van der Waals surface area contributed by atoms with Crippen LogP contribution in [0.2, 0.25) is 5.02 Å². The number of amides is 3. The number of benzene rings is 2. The van der Waals surface area contributed by atoms with E-state index >= 15 is 0 Å². The van der Waals surface area contributed by atoms with Crippen LogP contribution in [0.5, 0.6) is 0 Å². The predicted octanol–water partition coefficient (Wildman–Crippen LogP) is 2.74. The van der Waals surface area contributed by atoms with E-state index in [1.165, 1.54) is 0 Å². The van der Waals surface area contributed by atoms with E-state index < -0.39 is 11.8 Å². The first-order valence-corrected chi connectivity index (χ1v) is 8.50. The largest absolute Gasteiger partial charge is 0.366 e. The molecule has 1 heterocycles. The van der Waals surface area contributed by atoms with E-state index in [1.807, 2.05) is 19.1 Å². The van der Waals surface area contributed by atoms with Crippen molar-refractivity contribution < 1.29 is 14.4 Å². The van der Waals surface area contributed by atoms with Gasteiger partial charge in [-0.1, -0.05) is 17.7 Å². The van der Waals surface area contributed by atoms with Gasteiger partial charge in [0.25, 0.3) is 0 Å². The Balaban J connectivity index is 1.68. The molecule has 1 aliphatic rings. The summed E-state index contributed by atoms with van der Waals surface area (Å²) in [6, 6.07) is 11.7. The first-order chi connectivity index (χ1) is 12.3. The Bertz CT molecular complexity index is 880. The number of halogens is 1. The minimum Gasteiger partial charge on any atom is -0.366 e. The molecule has 1 atom stereocenters. The molecule has 3 N–H and O–H groups in total. The fraction of sp³-hybridized carbons (Fsp3) is 0.211. The zero-order valence-electron chi connectivity index (χ0n) is 14.2. The highest BCUT2D eigenvalue weighted by molar-refractivity contribution is 6.31. The van der Waals surface area contributed by atoms with Crippen molar-refractivity contribution in [2.75, 3.05) is 16.8 Å². The molecule has 26 heavy (non-hydrogen) atoms. The summed E-state index contributed by atoms with van der Waals surface area (Å²) in [6.07, 6.45) is 0.136. The fourth-order valence-electron chi connectivity index (χ4n) is 2.84. The summed E-state index contributed by atoms with van der Waals surface area (Å²) in [7, 11) is 0. The molecule has 3 rings (SSSR count). The Morgan fingerprint density at radius 3 is 2.50 bits per heavy atom. The Morgan fingerprint density at radius 2 is 1.88 bits per heavy atom. The highest BCUT2D eigenvalue weighted by Crippen LogP contribution is 2.29. The van der Waals surface area contributed by atoms with Crippen LogP contribution in [0.1, 0.15) is 22.3 Å². The molecule has 0 saturated carbocycles. The van der Waals surface area contributed by atoms with Crippen LogP contribution in [0.4, 0.5) is 11.4 Å². The van der Waals surface area contributed by atoms with Gasteiger partial charge in [-0.05, 0) is 48.9 Å². The van der Waals surface area contributed by atoms with Gasteiger partial charge >= 0.3 is 0 Å². The number of carbonyl (C=O) groups excluding carboxylic acids is 3. The Labute approximate surface area is 155 Å². The van der Waals surface area contributed by atoms with E-state index in [4.69, 9.17) is 17.3 Å². The van der Waals surface area contributed by atoms with Crippen molar-refractivity contribution in [2.45, 2.75) is 13.3 Å². The van der Waals surface area contributed by atoms with E-state index in [0.29, 0.717) is 28.5 Å². The second-order valence-corrected chi connectivity index (χ2v) is 6.68. The Kier molecular flexibility index (Phi) is 4.95. The maximum atomic E-state index is 12.5. The molecule has 0 spiro atoms. The normalized spacial score (nSPS) is 16.6. The first-order valence-electron chi connectivity index (χ1n) is 8.12. The van der Waals surface area contributed by atoms with Crippen LogP contribution in [0.3, 0.4) is 0 Å². The molecule has 1 aliphatic heterocycles. The monoisotopic (exact) mass is 371 g/mol. The lowest BCUT2D eigenvalue weighted by Crippen LogP contribution is -2.28. The maximum absolute atomic E-state index is 12.5. The van der Waals surface area contributed by atoms with Gasteiger partial charge in [0.15, 0.2) is 0 Å². The van der Waals surface area contributed by atoms with E-state index in [1.54, 1.807) is 35.2 Å². The fourth-order valence-corrected chi connectivity index (χ4v) is 3.02. The summed E-state index contributed by atoms with van der Waals surface area (Å²) in [5.41, 5.74) is 7.71. The van der Waals surface area contributed by atoms with Gasteiger partial charge in [0.05, 0.1) is 5.92 Å². The second kappa shape index (κ2) is 7.17. The first kappa shape index (κ1) is 17.9. The van der Waals surface area contributed by atoms with Gasteiger partial charge in [-0.3, -0.25) is 14.4 Å². The molecular weight excluding hydrogens is 354 g/mol. The average molecular weight is 372 g/mol. The molecule has 1 saturated heterocycles. The number of nitrogens with one attached hydrogen (secondary N) is 1. The molecule has 0 unspecified atom stereocenters. The summed E-state index contributed by atoms with van der Waals surface area (Å²) in [6.45, 7) is 2.18. The molecule has 2 aromatic carbocycles. The van der Waals surface area contributed by atoms with Gasteiger partial charge < -0.3 is 16.0 Å². The van der Waals surface area contributed by atoms with Gasteiger partial charge in [0, 0.05) is 34.9 Å². The van der Waals surface area contributed by atoms with Crippen LogP contribution in [0, 0.1) is 12.8 Å². The maximum Gasteiger partial charge on any atom is 0.248 e. The molecule has 3 amide bonds. The summed E-state index contributed by atoms with van der Waals surface area (Å²) in [5.74, 6) is -1.35. The van der Waals surface area contributed by atoms with Gasteiger partial charge in [-0.2, -0.15) is 0 Å². The lowest BCUT2D eigenvalue weighted by atomic mass is 10.1. The van der Waals surface area contributed by atoms with Crippen molar-refractivity contribution in [2.24, 2.45) is 11.7 Å². The Hall–Kier alpha value is -2.86. The molecule has 7 heteroatoms. The van der Waals surface area contributed by atoms with E-state index in [0.717, 1.165) is 5.56 Å². The van der Waals surface area contributed by atoms with Crippen LogP contribution in [0.15, 0.2) is 42.5 Å². The zero-order valence-corrected chi connectivity index (χ0v) is 14.9. The molecular formula is C19H18ClN3O3. The number of rotatable bonds is 4. The summed E-state index contributed by atoms with van der Waals surface area (Å²) >= 11 is 6.13. The number of nitrogens with two attached hydrogens (primary N) is 1. The standard InChI is InChI=1S/C19H18ClN3O3/c1-11-2-7-15(9-16(11)20)23-10-13(8-17(23)24)19(26)22-14-5-3-12(4-6-14)18(21)25/h2-7,9,13H,8,10H2,1H3,(H2,21,25)(H,22,26)/t13-/m1/s1.